The van der Waals surface area contributed by atoms with Gasteiger partial charge >= 0.3 is 0 Å². The molecule has 1 aliphatic rings. The third-order valence-electron chi connectivity index (χ3n) is 3.41. The molecule has 1 rings (SSSR count). The van der Waals surface area contributed by atoms with Crippen molar-refractivity contribution in [1.82, 2.24) is 4.90 Å². The Labute approximate surface area is 101 Å². The molecule has 6 heteroatoms. The Morgan fingerprint density at radius 1 is 1.41 bits per heavy atom. The number of carbonyl (C=O) groups is 1. The normalized spacial score (nSPS) is 21.4. The number of nitrogens with zero attached hydrogens (tertiary/aromatic N) is 2. The molecule has 1 heterocycles. The highest BCUT2D eigenvalue weighted by atomic mass is 16.4. The molecule has 1 aliphatic heterocycles. The van der Waals surface area contributed by atoms with Gasteiger partial charge in [0.25, 0.3) is 0 Å². The van der Waals surface area contributed by atoms with Crippen molar-refractivity contribution in [1.29, 1.82) is 0 Å². The Hall–Kier alpha value is -1.30. The van der Waals surface area contributed by atoms with Gasteiger partial charge < -0.3 is 20.9 Å². The van der Waals surface area contributed by atoms with Crippen LogP contribution in [0.5, 0.6) is 0 Å². The van der Waals surface area contributed by atoms with Crippen molar-refractivity contribution in [2.24, 2.45) is 16.3 Å². The number of piperidine rings is 1. The first-order valence-electron chi connectivity index (χ1n) is 5.70. The van der Waals surface area contributed by atoms with Crippen LogP contribution in [0.4, 0.5) is 0 Å². The van der Waals surface area contributed by atoms with Crippen molar-refractivity contribution in [2.75, 3.05) is 13.1 Å². The summed E-state index contributed by atoms with van der Waals surface area (Å²) in [5.41, 5.74) is 3.80. The highest BCUT2D eigenvalue weighted by Gasteiger charge is 2.39. The summed E-state index contributed by atoms with van der Waals surface area (Å²) in [5.74, 6) is -0.275. The zero-order chi connectivity index (χ0) is 13.3. The third-order valence-corrected chi connectivity index (χ3v) is 3.41. The van der Waals surface area contributed by atoms with E-state index in [1.54, 1.807) is 25.7 Å². The summed E-state index contributed by atoms with van der Waals surface area (Å²) in [4.78, 5) is 13.9. The monoisotopic (exact) mass is 243 g/mol. The maximum atomic E-state index is 12.2. The zero-order valence-corrected chi connectivity index (χ0v) is 10.6. The quantitative estimate of drug-likeness (QED) is 0.278. The van der Waals surface area contributed by atoms with E-state index in [1.807, 2.05) is 0 Å². The van der Waals surface area contributed by atoms with Crippen LogP contribution in [0.25, 0.3) is 0 Å². The summed E-state index contributed by atoms with van der Waals surface area (Å²) in [6.45, 7) is 6.00. The van der Waals surface area contributed by atoms with Crippen molar-refractivity contribution in [3.05, 3.63) is 0 Å². The summed E-state index contributed by atoms with van der Waals surface area (Å²) in [6, 6.07) is 0. The molecule has 1 fully saturated rings. The molecule has 6 nitrogen and oxygen atoms in total. The molecule has 0 aromatic carbocycles. The van der Waals surface area contributed by atoms with Gasteiger partial charge in [-0.3, -0.25) is 4.79 Å². The van der Waals surface area contributed by atoms with E-state index in [4.69, 9.17) is 10.9 Å². The molecule has 0 aliphatic carbocycles. The molecule has 0 atom stereocenters. The van der Waals surface area contributed by atoms with Gasteiger partial charge in [0.15, 0.2) is 5.84 Å². The van der Waals surface area contributed by atoms with E-state index in [1.165, 1.54) is 0 Å². The lowest BCUT2D eigenvalue weighted by Gasteiger charge is -2.39. The fourth-order valence-electron chi connectivity index (χ4n) is 1.82. The first-order chi connectivity index (χ1) is 7.70. The van der Waals surface area contributed by atoms with Crippen LogP contribution in [0.3, 0.4) is 0 Å². The summed E-state index contributed by atoms with van der Waals surface area (Å²) >= 11 is 0. The van der Waals surface area contributed by atoms with Crippen LogP contribution in [0.1, 0.15) is 33.6 Å². The number of amidine groups is 1. The van der Waals surface area contributed by atoms with E-state index >= 15 is 0 Å². The van der Waals surface area contributed by atoms with Crippen molar-refractivity contribution in [2.45, 2.75) is 39.2 Å². The Balaban J connectivity index is 2.73. The van der Waals surface area contributed by atoms with Crippen molar-refractivity contribution in [3.8, 4) is 0 Å². The third kappa shape index (κ3) is 2.88. The van der Waals surface area contributed by atoms with Crippen LogP contribution in [-0.2, 0) is 4.79 Å². The second-order valence-corrected chi connectivity index (χ2v) is 5.40. The first-order valence-corrected chi connectivity index (χ1v) is 5.70. The fraction of sp³-hybridized carbons (Fsp3) is 0.818. The number of oxime groups is 1. The predicted molar refractivity (Wildman–Crippen MR) is 63.6 cm³/mol. The molecule has 0 saturated carbocycles. The van der Waals surface area contributed by atoms with Gasteiger partial charge in [0, 0.05) is 13.1 Å². The molecule has 0 aromatic heterocycles. The minimum Gasteiger partial charge on any atom is -0.409 e. The standard InChI is InChI=1S/C11H21N3O3/c1-10(2,8(12)13-17)9(15)14-6-4-11(3,16)5-7-14/h16-17H,4-7H2,1-3H3,(H2,12,13). The molecule has 98 valence electrons. The fourth-order valence-corrected chi connectivity index (χ4v) is 1.82. The van der Waals surface area contributed by atoms with Crippen LogP contribution in [0.15, 0.2) is 5.16 Å². The number of nitrogens with two attached hydrogens (primary N) is 1. The summed E-state index contributed by atoms with van der Waals surface area (Å²) in [6.07, 6.45) is 1.09. The van der Waals surface area contributed by atoms with Crippen LogP contribution in [0.2, 0.25) is 0 Å². The van der Waals surface area contributed by atoms with E-state index in [0.717, 1.165) is 0 Å². The number of rotatable bonds is 2. The van der Waals surface area contributed by atoms with E-state index in [2.05, 4.69) is 5.16 Å². The highest BCUT2D eigenvalue weighted by Crippen LogP contribution is 2.26. The number of amides is 1. The Kier molecular flexibility index (Phi) is 3.66. The number of carbonyl (C=O) groups excluding carboxylic acids is 1. The molecule has 0 aromatic rings. The number of hydrogen-bond donors (Lipinski definition) is 3. The van der Waals surface area contributed by atoms with Gasteiger partial charge in [0.1, 0.15) is 5.41 Å². The van der Waals surface area contributed by atoms with Gasteiger partial charge in [0.2, 0.25) is 5.91 Å². The van der Waals surface area contributed by atoms with E-state index in [0.29, 0.717) is 25.9 Å². The lowest BCUT2D eigenvalue weighted by atomic mass is 9.87. The molecular formula is C11H21N3O3. The van der Waals surface area contributed by atoms with Crippen molar-refractivity contribution >= 4 is 11.7 Å². The van der Waals surface area contributed by atoms with E-state index < -0.39 is 11.0 Å². The Morgan fingerprint density at radius 2 is 1.88 bits per heavy atom. The molecule has 17 heavy (non-hydrogen) atoms. The Morgan fingerprint density at radius 3 is 2.29 bits per heavy atom. The highest BCUT2D eigenvalue weighted by molar-refractivity contribution is 6.05. The predicted octanol–water partition coefficient (Wildman–Crippen LogP) is 0.132. The smallest absolute Gasteiger partial charge is 0.235 e. The topological polar surface area (TPSA) is 99.2 Å². The van der Waals surface area contributed by atoms with Gasteiger partial charge in [-0.1, -0.05) is 5.16 Å². The van der Waals surface area contributed by atoms with Gasteiger partial charge in [0.05, 0.1) is 5.60 Å². The van der Waals surface area contributed by atoms with Crippen molar-refractivity contribution < 1.29 is 15.1 Å². The van der Waals surface area contributed by atoms with E-state index in [9.17, 15) is 9.90 Å². The molecular weight excluding hydrogens is 222 g/mol. The number of likely N-dealkylation sites (tertiary alicyclic amines) is 1. The van der Waals surface area contributed by atoms with Crippen LogP contribution >= 0.6 is 0 Å². The minimum absolute atomic E-state index is 0.0974. The van der Waals surface area contributed by atoms with Crippen LogP contribution < -0.4 is 5.73 Å². The molecule has 1 amide bonds. The second kappa shape index (κ2) is 4.52. The average Bonchev–Trinajstić information content (AvgIpc) is 2.27. The molecule has 0 spiro atoms. The van der Waals surface area contributed by atoms with E-state index in [-0.39, 0.29) is 11.7 Å². The molecule has 0 unspecified atom stereocenters. The maximum Gasteiger partial charge on any atom is 0.235 e. The summed E-state index contributed by atoms with van der Waals surface area (Å²) in [7, 11) is 0. The van der Waals surface area contributed by atoms with Crippen LogP contribution in [0, 0.1) is 5.41 Å². The van der Waals surface area contributed by atoms with Gasteiger partial charge in [-0.25, -0.2) is 0 Å². The molecule has 0 radical (unpaired) electrons. The van der Waals surface area contributed by atoms with Gasteiger partial charge in [-0.05, 0) is 33.6 Å². The van der Waals surface area contributed by atoms with Gasteiger partial charge in [-0.2, -0.15) is 0 Å². The molecule has 1 saturated heterocycles. The average molecular weight is 243 g/mol. The summed E-state index contributed by atoms with van der Waals surface area (Å²) < 4.78 is 0. The van der Waals surface area contributed by atoms with Gasteiger partial charge in [-0.15, -0.1) is 0 Å². The number of hydrogen-bond acceptors (Lipinski definition) is 4. The van der Waals surface area contributed by atoms with Crippen molar-refractivity contribution in [3.63, 3.8) is 0 Å². The number of aliphatic hydroxyl groups is 1. The molecule has 0 bridgehead atoms. The molecule has 4 N–H and O–H groups in total. The van der Waals surface area contributed by atoms with Crippen LogP contribution in [-0.4, -0.2) is 45.6 Å². The zero-order valence-electron chi connectivity index (χ0n) is 10.6. The lowest BCUT2D eigenvalue weighted by molar-refractivity contribution is -0.140. The second-order valence-electron chi connectivity index (χ2n) is 5.40. The maximum absolute atomic E-state index is 12.2. The SMILES string of the molecule is CC1(O)CCN(C(=O)C(C)(C)C(N)=NO)CC1. The Bertz CT molecular complexity index is 327. The minimum atomic E-state index is -1.02. The largest absolute Gasteiger partial charge is 0.409 e. The summed E-state index contributed by atoms with van der Waals surface area (Å²) in [5, 5.41) is 21.4. The lowest BCUT2D eigenvalue weighted by Crippen LogP contribution is -2.52. The first kappa shape index (κ1) is 13.8.